The molecule has 3 aliphatic heterocycles. The first kappa shape index (κ1) is 15.3. The van der Waals surface area contributed by atoms with Crippen molar-refractivity contribution >= 4 is 23.2 Å². The molecule has 6 N–H and O–H groups in total. The van der Waals surface area contributed by atoms with Gasteiger partial charge >= 0.3 is 0 Å². The highest BCUT2D eigenvalue weighted by Gasteiger charge is 2.43. The van der Waals surface area contributed by atoms with Crippen LogP contribution in [0.3, 0.4) is 0 Å². The number of halogens is 1. The van der Waals surface area contributed by atoms with E-state index in [1.807, 2.05) is 18.5 Å². The predicted molar refractivity (Wildman–Crippen MR) is 93.6 cm³/mol. The van der Waals surface area contributed by atoms with Gasteiger partial charge in [-0.25, -0.2) is 9.97 Å². The van der Waals surface area contributed by atoms with E-state index in [2.05, 4.69) is 36.1 Å². The van der Waals surface area contributed by atoms with Crippen molar-refractivity contribution < 1.29 is 0 Å². The third-order valence-electron chi connectivity index (χ3n) is 4.27. The monoisotopic (exact) mass is 346 g/mol. The number of hydrogen-bond acceptors (Lipinski definition) is 8. The summed E-state index contributed by atoms with van der Waals surface area (Å²) in [6, 6.07) is 1.68. The molecule has 4 heterocycles. The SMILES string of the molecule is Nc1cc(NC2=CN3C(=CNC34CNCCNC4)C(Cl)=C2)ncn1. The largest absolute Gasteiger partial charge is 0.384 e. The maximum atomic E-state index is 6.49. The fraction of sp³-hybridized carbons (Fsp3) is 0.333. The summed E-state index contributed by atoms with van der Waals surface area (Å²) in [5.74, 6) is 1.04. The smallest absolute Gasteiger partial charge is 0.139 e. The first-order valence-electron chi connectivity index (χ1n) is 7.79. The van der Waals surface area contributed by atoms with Crippen LogP contribution in [0.4, 0.5) is 11.6 Å². The Morgan fingerprint density at radius 1 is 1.25 bits per heavy atom. The molecule has 24 heavy (non-hydrogen) atoms. The van der Waals surface area contributed by atoms with Gasteiger partial charge in [0.1, 0.15) is 23.6 Å². The van der Waals surface area contributed by atoms with Crippen molar-refractivity contribution in [3.63, 3.8) is 0 Å². The molecule has 0 amide bonds. The van der Waals surface area contributed by atoms with Gasteiger partial charge in [-0.3, -0.25) is 0 Å². The van der Waals surface area contributed by atoms with Crippen molar-refractivity contribution in [2.45, 2.75) is 5.66 Å². The van der Waals surface area contributed by atoms with E-state index >= 15 is 0 Å². The van der Waals surface area contributed by atoms with E-state index in [-0.39, 0.29) is 5.66 Å². The Morgan fingerprint density at radius 3 is 2.79 bits per heavy atom. The lowest BCUT2D eigenvalue weighted by Crippen LogP contribution is -2.60. The van der Waals surface area contributed by atoms with Crippen LogP contribution in [0.15, 0.2) is 47.3 Å². The summed E-state index contributed by atoms with van der Waals surface area (Å²) in [5.41, 5.74) is 7.22. The van der Waals surface area contributed by atoms with Crippen LogP contribution in [0.25, 0.3) is 0 Å². The van der Waals surface area contributed by atoms with Crippen molar-refractivity contribution in [2.24, 2.45) is 0 Å². The molecule has 126 valence electrons. The summed E-state index contributed by atoms with van der Waals surface area (Å²) in [4.78, 5) is 10.2. The van der Waals surface area contributed by atoms with Gasteiger partial charge in [-0.1, -0.05) is 11.6 Å². The topological polar surface area (TPSA) is 103 Å². The van der Waals surface area contributed by atoms with Crippen LogP contribution in [0, 0.1) is 0 Å². The summed E-state index contributed by atoms with van der Waals surface area (Å²) in [7, 11) is 0. The van der Waals surface area contributed by atoms with Crippen LogP contribution in [-0.2, 0) is 0 Å². The summed E-state index contributed by atoms with van der Waals surface area (Å²) in [6.07, 6.45) is 7.30. The van der Waals surface area contributed by atoms with E-state index in [0.29, 0.717) is 16.7 Å². The molecule has 9 heteroatoms. The van der Waals surface area contributed by atoms with E-state index in [1.54, 1.807) is 6.07 Å². The number of nitrogens with zero attached hydrogens (tertiary/aromatic N) is 3. The molecule has 0 radical (unpaired) electrons. The van der Waals surface area contributed by atoms with Gasteiger partial charge in [-0.05, 0) is 6.08 Å². The van der Waals surface area contributed by atoms with Gasteiger partial charge < -0.3 is 31.9 Å². The molecule has 0 bridgehead atoms. The van der Waals surface area contributed by atoms with Crippen LogP contribution in [0.2, 0.25) is 0 Å². The average Bonchev–Trinajstić information content (AvgIpc) is 2.75. The van der Waals surface area contributed by atoms with Crippen molar-refractivity contribution in [3.8, 4) is 0 Å². The zero-order valence-corrected chi connectivity index (χ0v) is 13.8. The molecule has 1 fully saturated rings. The lowest BCUT2D eigenvalue weighted by Gasteiger charge is -2.40. The zero-order chi connectivity index (χ0) is 16.6. The number of fused-ring (bicyclic) bond motifs is 2. The van der Waals surface area contributed by atoms with Gasteiger partial charge in [0.05, 0.1) is 16.4 Å². The Balaban J connectivity index is 1.63. The van der Waals surface area contributed by atoms with Gasteiger partial charge in [0, 0.05) is 44.6 Å². The van der Waals surface area contributed by atoms with E-state index in [1.165, 1.54) is 6.33 Å². The van der Waals surface area contributed by atoms with Crippen LogP contribution < -0.4 is 27.0 Å². The number of rotatable bonds is 2. The predicted octanol–water partition coefficient (Wildman–Crippen LogP) is 0.0841. The van der Waals surface area contributed by atoms with Gasteiger partial charge in [0.15, 0.2) is 0 Å². The highest BCUT2D eigenvalue weighted by Crippen LogP contribution is 2.35. The highest BCUT2D eigenvalue weighted by molar-refractivity contribution is 6.32. The molecule has 0 unspecified atom stereocenters. The number of nitrogens with one attached hydrogen (secondary N) is 4. The van der Waals surface area contributed by atoms with E-state index in [4.69, 9.17) is 17.3 Å². The molecule has 3 aliphatic rings. The first-order valence-corrected chi connectivity index (χ1v) is 8.17. The van der Waals surface area contributed by atoms with E-state index in [9.17, 15) is 0 Å². The van der Waals surface area contributed by atoms with Crippen molar-refractivity contribution in [3.05, 3.63) is 47.3 Å². The summed E-state index contributed by atoms with van der Waals surface area (Å²) in [5, 5.41) is 14.3. The fourth-order valence-electron chi connectivity index (χ4n) is 3.10. The molecule has 4 rings (SSSR count). The minimum atomic E-state index is -0.280. The summed E-state index contributed by atoms with van der Waals surface area (Å²) in [6.45, 7) is 3.47. The number of hydrogen-bond donors (Lipinski definition) is 5. The van der Waals surface area contributed by atoms with E-state index in [0.717, 1.165) is 37.6 Å². The number of nitrogens with two attached hydrogens (primary N) is 1. The quantitative estimate of drug-likeness (QED) is 0.513. The molecule has 0 aliphatic carbocycles. The molecule has 0 atom stereocenters. The third kappa shape index (κ3) is 2.68. The van der Waals surface area contributed by atoms with Gasteiger partial charge in [0.2, 0.25) is 0 Å². The van der Waals surface area contributed by atoms with Crippen LogP contribution in [0.1, 0.15) is 0 Å². The van der Waals surface area contributed by atoms with Gasteiger partial charge in [0.25, 0.3) is 0 Å². The first-order chi connectivity index (χ1) is 11.7. The number of allylic oxidation sites excluding steroid dienone is 2. The molecule has 0 aromatic carbocycles. The Labute approximate surface area is 144 Å². The lowest BCUT2D eigenvalue weighted by atomic mass is 10.1. The number of nitrogen functional groups attached to an aromatic ring is 1. The normalized spacial score (nSPS) is 22.0. The van der Waals surface area contributed by atoms with Crippen molar-refractivity contribution in [1.29, 1.82) is 0 Å². The molecule has 1 aromatic rings. The molecular formula is C15H19ClN8. The lowest BCUT2D eigenvalue weighted by molar-refractivity contribution is 0.188. The minimum absolute atomic E-state index is 0.280. The third-order valence-corrected chi connectivity index (χ3v) is 4.57. The zero-order valence-electron chi connectivity index (χ0n) is 13.0. The van der Waals surface area contributed by atoms with Crippen LogP contribution in [-0.4, -0.2) is 46.7 Å². The average molecular weight is 347 g/mol. The summed E-state index contributed by atoms with van der Waals surface area (Å²) < 4.78 is 0. The maximum Gasteiger partial charge on any atom is 0.139 e. The Bertz CT molecular complexity index is 733. The molecule has 8 nitrogen and oxygen atoms in total. The molecule has 1 aromatic heterocycles. The number of anilines is 2. The second kappa shape index (κ2) is 5.97. The van der Waals surface area contributed by atoms with Crippen molar-refractivity contribution in [2.75, 3.05) is 37.2 Å². The van der Waals surface area contributed by atoms with Crippen molar-refractivity contribution in [1.82, 2.24) is 30.8 Å². The molecule has 0 saturated carbocycles. The second-order valence-electron chi connectivity index (χ2n) is 5.96. The van der Waals surface area contributed by atoms with Crippen LogP contribution >= 0.6 is 11.6 Å². The standard InChI is InChI=1S/C15H19ClN8/c16-11-3-10(23-14-4-13(17)20-9-21-14)6-24-12(11)5-22-15(24)7-18-1-2-19-8-15/h3-6,9,18-19,22H,1-2,7-8H2,(H3,17,20,21,23). The second-order valence-corrected chi connectivity index (χ2v) is 6.37. The summed E-state index contributed by atoms with van der Waals surface area (Å²) >= 11 is 6.49. The Kier molecular flexibility index (Phi) is 3.79. The van der Waals surface area contributed by atoms with Gasteiger partial charge in [-0.15, -0.1) is 0 Å². The highest BCUT2D eigenvalue weighted by atomic mass is 35.5. The minimum Gasteiger partial charge on any atom is -0.384 e. The Hall–Kier alpha value is -2.29. The number of aromatic nitrogens is 2. The molecule has 1 saturated heterocycles. The fourth-order valence-corrected chi connectivity index (χ4v) is 3.36. The van der Waals surface area contributed by atoms with Crippen LogP contribution in [0.5, 0.6) is 0 Å². The van der Waals surface area contributed by atoms with Gasteiger partial charge in [-0.2, -0.15) is 0 Å². The van der Waals surface area contributed by atoms with E-state index < -0.39 is 0 Å². The molecule has 1 spiro atoms. The maximum absolute atomic E-state index is 6.49. The molecular weight excluding hydrogens is 328 g/mol. The Morgan fingerprint density at radius 2 is 2.04 bits per heavy atom.